The summed E-state index contributed by atoms with van der Waals surface area (Å²) in [4.78, 5) is 42.6. The zero-order valence-electron chi connectivity index (χ0n) is 19.8. The summed E-state index contributed by atoms with van der Waals surface area (Å²) in [6, 6.07) is 1.48. The van der Waals surface area contributed by atoms with Gasteiger partial charge >= 0.3 is 0 Å². The Bertz CT molecular complexity index is 1010. The predicted molar refractivity (Wildman–Crippen MR) is 131 cm³/mol. The molecule has 35 heavy (non-hydrogen) atoms. The Morgan fingerprint density at radius 2 is 2.03 bits per heavy atom. The minimum absolute atomic E-state index is 0.0179. The van der Waals surface area contributed by atoms with E-state index >= 15 is 0 Å². The van der Waals surface area contributed by atoms with Crippen molar-refractivity contribution in [1.82, 2.24) is 19.4 Å². The van der Waals surface area contributed by atoms with Gasteiger partial charge in [-0.05, 0) is 25.0 Å². The second-order valence-electron chi connectivity index (χ2n) is 8.24. The van der Waals surface area contributed by atoms with E-state index in [9.17, 15) is 22.8 Å². The molecule has 0 radical (unpaired) electrons. The van der Waals surface area contributed by atoms with Crippen LogP contribution in [0.2, 0.25) is 4.34 Å². The highest BCUT2D eigenvalue weighted by atomic mass is 35.5. The van der Waals surface area contributed by atoms with Gasteiger partial charge in [0.1, 0.15) is 12.1 Å². The smallest absolute Gasteiger partial charge is 0.247 e. The van der Waals surface area contributed by atoms with E-state index in [1.165, 1.54) is 30.4 Å². The number of sulfonamides is 1. The molecule has 196 valence electrons. The van der Waals surface area contributed by atoms with Crippen LogP contribution in [0.4, 0.5) is 0 Å². The first-order valence-corrected chi connectivity index (χ1v) is 14.1. The molecule has 0 unspecified atom stereocenters. The monoisotopic (exact) mass is 550 g/mol. The predicted octanol–water partition coefficient (Wildman–Crippen LogP) is -0.203. The Labute approximate surface area is 214 Å². The summed E-state index contributed by atoms with van der Waals surface area (Å²) in [5, 5.41) is 2.42. The van der Waals surface area contributed by atoms with Crippen molar-refractivity contribution in [3.63, 3.8) is 0 Å². The van der Waals surface area contributed by atoms with Crippen LogP contribution in [0.3, 0.4) is 0 Å². The minimum atomic E-state index is -3.99. The first-order valence-electron chi connectivity index (χ1n) is 11.3. The fraction of sp³-hybridized carbons (Fsp3) is 0.667. The number of ether oxygens (including phenoxy) is 2. The molecule has 2 atom stereocenters. The topological polar surface area (TPSA) is 126 Å². The number of aryl methyl sites for hydroxylation is 1. The number of hydrogen-bond donors (Lipinski definition) is 1. The SMILES string of the molecule is CNC(=O)CN([C@H]1CCN([C@@H](COC)C(=O)N2CCOCC2)C1=O)S(=O)(=O)CCc1ccc(Cl)s1. The number of hydrogen-bond acceptors (Lipinski definition) is 8. The van der Waals surface area contributed by atoms with Gasteiger partial charge in [-0.15, -0.1) is 11.3 Å². The lowest BCUT2D eigenvalue weighted by Gasteiger charge is -2.34. The highest BCUT2D eigenvalue weighted by molar-refractivity contribution is 7.89. The van der Waals surface area contributed by atoms with Gasteiger partial charge in [-0.3, -0.25) is 14.4 Å². The van der Waals surface area contributed by atoms with E-state index in [2.05, 4.69) is 5.32 Å². The second kappa shape index (κ2) is 12.5. The van der Waals surface area contributed by atoms with E-state index in [0.717, 1.165) is 9.18 Å². The van der Waals surface area contributed by atoms with Crippen molar-refractivity contribution in [2.75, 3.05) is 65.9 Å². The van der Waals surface area contributed by atoms with Gasteiger partial charge < -0.3 is 24.6 Å². The van der Waals surface area contributed by atoms with Crippen LogP contribution in [-0.2, 0) is 40.3 Å². The number of methoxy groups -OCH3 is 1. The van der Waals surface area contributed by atoms with E-state index < -0.39 is 40.5 Å². The normalized spacial score (nSPS) is 19.9. The number of thiophene rings is 1. The molecule has 0 saturated carbocycles. The van der Waals surface area contributed by atoms with Gasteiger partial charge in [-0.25, -0.2) is 8.42 Å². The van der Waals surface area contributed by atoms with Gasteiger partial charge in [-0.1, -0.05) is 11.6 Å². The van der Waals surface area contributed by atoms with Crippen molar-refractivity contribution >= 4 is 50.7 Å². The van der Waals surface area contributed by atoms with Crippen LogP contribution in [0, 0.1) is 0 Å². The lowest BCUT2D eigenvalue weighted by atomic mass is 10.2. The Balaban J connectivity index is 1.79. The van der Waals surface area contributed by atoms with Crippen LogP contribution >= 0.6 is 22.9 Å². The number of halogens is 1. The van der Waals surface area contributed by atoms with E-state index in [4.69, 9.17) is 21.1 Å². The highest BCUT2D eigenvalue weighted by Gasteiger charge is 2.46. The van der Waals surface area contributed by atoms with Crippen molar-refractivity contribution in [3.8, 4) is 0 Å². The zero-order chi connectivity index (χ0) is 25.6. The molecule has 3 amide bonds. The maximum atomic E-state index is 13.5. The second-order valence-corrected chi connectivity index (χ2v) is 12.1. The molecule has 2 fully saturated rings. The Morgan fingerprint density at radius 1 is 1.31 bits per heavy atom. The lowest BCUT2D eigenvalue weighted by molar-refractivity contribution is -0.149. The number of likely N-dealkylation sites (tertiary alicyclic amines) is 1. The molecule has 2 aliphatic rings. The molecule has 3 rings (SSSR count). The first-order chi connectivity index (χ1) is 16.7. The van der Waals surface area contributed by atoms with Gasteiger partial charge in [0.25, 0.3) is 0 Å². The van der Waals surface area contributed by atoms with E-state index in [-0.39, 0.29) is 37.7 Å². The van der Waals surface area contributed by atoms with Crippen molar-refractivity contribution < 1.29 is 32.3 Å². The summed E-state index contributed by atoms with van der Waals surface area (Å²) in [6.45, 7) is 1.32. The Kier molecular flexibility index (Phi) is 9.90. The summed E-state index contributed by atoms with van der Waals surface area (Å²) in [6.07, 6.45) is 0.368. The van der Waals surface area contributed by atoms with Crippen LogP contribution in [0.5, 0.6) is 0 Å². The third kappa shape index (κ3) is 6.92. The summed E-state index contributed by atoms with van der Waals surface area (Å²) < 4.78 is 38.7. The molecule has 0 aliphatic carbocycles. The number of likely N-dealkylation sites (N-methyl/N-ethyl adjacent to an activating group) is 1. The maximum absolute atomic E-state index is 13.5. The standard InChI is InChI=1S/C21H31ClN4O7S2/c1-23-19(27)13-26(35(30,31)12-6-15-3-4-18(22)34-15)16-5-7-25(21(16)29)17(14-32-2)20(28)24-8-10-33-11-9-24/h3-4,16-17H,5-14H2,1-2H3,(H,23,27)/t16-,17-/m0/s1. The van der Waals surface area contributed by atoms with Crippen LogP contribution < -0.4 is 5.32 Å². The largest absolute Gasteiger partial charge is 0.382 e. The number of rotatable bonds is 11. The Hall–Kier alpha value is -1.77. The molecule has 11 nitrogen and oxygen atoms in total. The fourth-order valence-corrected chi connectivity index (χ4v) is 6.99. The number of carbonyl (C=O) groups is 3. The fourth-order valence-electron chi connectivity index (χ4n) is 4.17. The third-order valence-corrected chi connectivity index (χ3v) is 9.15. The number of morpholine rings is 1. The molecule has 1 aromatic rings. The van der Waals surface area contributed by atoms with E-state index in [1.807, 2.05) is 0 Å². The van der Waals surface area contributed by atoms with Gasteiger partial charge in [0, 0.05) is 38.7 Å². The third-order valence-electron chi connectivity index (χ3n) is 6.04. The molecule has 1 N–H and O–H groups in total. The van der Waals surface area contributed by atoms with Crippen molar-refractivity contribution in [1.29, 1.82) is 0 Å². The highest BCUT2D eigenvalue weighted by Crippen LogP contribution is 2.26. The van der Waals surface area contributed by atoms with Crippen molar-refractivity contribution in [2.45, 2.75) is 24.9 Å². The average Bonchev–Trinajstić information content (AvgIpc) is 3.44. The molecule has 3 heterocycles. The first kappa shape index (κ1) is 27.8. The molecule has 2 saturated heterocycles. The number of nitrogens with one attached hydrogen (secondary N) is 1. The summed E-state index contributed by atoms with van der Waals surface area (Å²) in [5.41, 5.74) is 0. The van der Waals surface area contributed by atoms with Gasteiger partial charge in [0.2, 0.25) is 27.7 Å². The van der Waals surface area contributed by atoms with E-state index in [1.54, 1.807) is 17.0 Å². The summed E-state index contributed by atoms with van der Waals surface area (Å²) in [5.74, 6) is -1.59. The van der Waals surface area contributed by atoms with Crippen LogP contribution in [0.15, 0.2) is 12.1 Å². The lowest BCUT2D eigenvalue weighted by Crippen LogP contribution is -2.56. The molecule has 1 aromatic heterocycles. The zero-order valence-corrected chi connectivity index (χ0v) is 22.2. The van der Waals surface area contributed by atoms with Crippen LogP contribution in [-0.4, -0.2) is 118 Å². The van der Waals surface area contributed by atoms with Gasteiger partial charge in [0.05, 0.1) is 36.5 Å². The van der Waals surface area contributed by atoms with Crippen LogP contribution in [0.25, 0.3) is 0 Å². The summed E-state index contributed by atoms with van der Waals surface area (Å²) >= 11 is 7.22. The van der Waals surface area contributed by atoms with Gasteiger partial charge in [0.15, 0.2) is 0 Å². The molecule has 0 bridgehead atoms. The van der Waals surface area contributed by atoms with Crippen LogP contribution in [0.1, 0.15) is 11.3 Å². The van der Waals surface area contributed by atoms with E-state index in [0.29, 0.717) is 30.6 Å². The minimum Gasteiger partial charge on any atom is -0.382 e. The molecular formula is C21H31ClN4O7S2. The molecule has 0 aromatic carbocycles. The molecule has 2 aliphatic heterocycles. The molecule has 14 heteroatoms. The average molecular weight is 551 g/mol. The van der Waals surface area contributed by atoms with Crippen molar-refractivity contribution in [3.05, 3.63) is 21.3 Å². The maximum Gasteiger partial charge on any atom is 0.247 e. The van der Waals surface area contributed by atoms with Gasteiger partial charge in [-0.2, -0.15) is 4.31 Å². The molecule has 0 spiro atoms. The number of nitrogens with zero attached hydrogens (tertiary/aromatic N) is 3. The summed E-state index contributed by atoms with van der Waals surface area (Å²) in [7, 11) is -1.15. The quantitative estimate of drug-likeness (QED) is 0.404. The number of carbonyl (C=O) groups excluding carboxylic acids is 3. The Morgan fingerprint density at radius 3 is 2.63 bits per heavy atom. The van der Waals surface area contributed by atoms with Crippen molar-refractivity contribution in [2.24, 2.45) is 0 Å². The molecular weight excluding hydrogens is 520 g/mol. The number of amides is 3.